The molecule has 0 amide bonds. The standard InChI is InChI=1S/C14H27NO/c1-12(2)6-5-8-14(16)10-9-13-7-3-4-11-15-13/h12-13,15H,3-11H2,1-2H3. The maximum absolute atomic E-state index is 11.6. The van der Waals surface area contributed by atoms with Crippen molar-refractivity contribution in [2.24, 2.45) is 5.92 Å². The van der Waals surface area contributed by atoms with Crippen molar-refractivity contribution in [3.8, 4) is 0 Å². The van der Waals surface area contributed by atoms with Gasteiger partial charge >= 0.3 is 0 Å². The van der Waals surface area contributed by atoms with Crippen molar-refractivity contribution >= 4 is 5.78 Å². The fraction of sp³-hybridized carbons (Fsp3) is 0.929. The minimum absolute atomic E-state index is 0.466. The minimum Gasteiger partial charge on any atom is -0.314 e. The molecule has 0 saturated carbocycles. The second kappa shape index (κ2) is 7.83. The molecule has 1 unspecified atom stereocenters. The van der Waals surface area contributed by atoms with E-state index < -0.39 is 0 Å². The Morgan fingerprint density at radius 2 is 2.12 bits per heavy atom. The van der Waals surface area contributed by atoms with E-state index >= 15 is 0 Å². The summed E-state index contributed by atoms with van der Waals surface area (Å²) in [6.07, 6.45) is 8.81. The van der Waals surface area contributed by atoms with Crippen LogP contribution in [0.4, 0.5) is 0 Å². The quantitative estimate of drug-likeness (QED) is 0.720. The van der Waals surface area contributed by atoms with E-state index in [9.17, 15) is 4.79 Å². The molecule has 0 radical (unpaired) electrons. The summed E-state index contributed by atoms with van der Waals surface area (Å²) in [5.41, 5.74) is 0. The third kappa shape index (κ3) is 6.26. The molecule has 1 N–H and O–H groups in total. The molecule has 1 aliphatic rings. The molecular weight excluding hydrogens is 198 g/mol. The van der Waals surface area contributed by atoms with Gasteiger partial charge in [0, 0.05) is 18.9 Å². The lowest BCUT2D eigenvalue weighted by Crippen LogP contribution is -2.34. The molecule has 1 fully saturated rings. The number of nitrogens with one attached hydrogen (secondary N) is 1. The summed E-state index contributed by atoms with van der Waals surface area (Å²) in [6, 6.07) is 0.614. The van der Waals surface area contributed by atoms with E-state index in [4.69, 9.17) is 0 Å². The SMILES string of the molecule is CC(C)CCCC(=O)CCC1CCCCN1. The summed E-state index contributed by atoms with van der Waals surface area (Å²) in [4.78, 5) is 11.6. The Morgan fingerprint density at radius 1 is 1.31 bits per heavy atom. The molecule has 0 spiro atoms. The highest BCUT2D eigenvalue weighted by Gasteiger charge is 2.13. The number of hydrogen-bond donors (Lipinski definition) is 1. The Hall–Kier alpha value is -0.370. The van der Waals surface area contributed by atoms with Gasteiger partial charge in [-0.1, -0.05) is 26.7 Å². The lowest BCUT2D eigenvalue weighted by Gasteiger charge is -2.22. The largest absolute Gasteiger partial charge is 0.314 e. The molecule has 16 heavy (non-hydrogen) atoms. The number of ketones is 1. The second-order valence-corrected chi connectivity index (χ2v) is 5.51. The van der Waals surface area contributed by atoms with Gasteiger partial charge in [-0.3, -0.25) is 4.79 Å². The first-order valence-electron chi connectivity index (χ1n) is 6.93. The summed E-state index contributed by atoms with van der Waals surface area (Å²) >= 11 is 0. The molecule has 1 saturated heterocycles. The maximum Gasteiger partial charge on any atom is 0.132 e. The Kier molecular flexibility index (Phi) is 6.70. The van der Waals surface area contributed by atoms with Crippen molar-refractivity contribution in [1.82, 2.24) is 5.32 Å². The fourth-order valence-electron chi connectivity index (χ4n) is 2.34. The number of carbonyl (C=O) groups excluding carboxylic acids is 1. The summed E-state index contributed by atoms with van der Waals surface area (Å²) in [6.45, 7) is 5.58. The lowest BCUT2D eigenvalue weighted by atomic mass is 9.97. The van der Waals surface area contributed by atoms with Gasteiger partial charge in [0.05, 0.1) is 0 Å². The number of carbonyl (C=O) groups is 1. The molecule has 0 aromatic rings. The highest BCUT2D eigenvalue weighted by atomic mass is 16.1. The maximum atomic E-state index is 11.6. The van der Waals surface area contributed by atoms with Gasteiger partial charge in [-0.15, -0.1) is 0 Å². The minimum atomic E-state index is 0.466. The molecular formula is C14H27NO. The molecule has 1 rings (SSSR count). The number of rotatable bonds is 7. The van der Waals surface area contributed by atoms with Crippen molar-refractivity contribution in [1.29, 1.82) is 0 Å². The molecule has 1 atom stereocenters. The van der Waals surface area contributed by atoms with E-state index in [0.717, 1.165) is 38.1 Å². The second-order valence-electron chi connectivity index (χ2n) is 5.51. The van der Waals surface area contributed by atoms with E-state index in [2.05, 4.69) is 19.2 Å². The van der Waals surface area contributed by atoms with Gasteiger partial charge in [-0.05, 0) is 38.1 Å². The van der Waals surface area contributed by atoms with Crippen LogP contribution in [0.2, 0.25) is 0 Å². The van der Waals surface area contributed by atoms with Crippen LogP contribution in [-0.2, 0) is 4.79 Å². The molecule has 94 valence electrons. The van der Waals surface area contributed by atoms with Gasteiger partial charge < -0.3 is 5.32 Å². The third-order valence-corrected chi connectivity index (χ3v) is 3.42. The Morgan fingerprint density at radius 3 is 2.75 bits per heavy atom. The molecule has 0 aliphatic carbocycles. The molecule has 0 aromatic carbocycles. The molecule has 0 bridgehead atoms. The number of Topliss-reactive ketones (excluding diaryl/α,β-unsaturated/α-hetero) is 1. The molecule has 2 heteroatoms. The predicted molar refractivity (Wildman–Crippen MR) is 68.6 cm³/mol. The van der Waals surface area contributed by atoms with E-state index in [0.29, 0.717) is 11.8 Å². The van der Waals surface area contributed by atoms with Crippen LogP contribution < -0.4 is 5.32 Å². The average Bonchev–Trinajstić information content (AvgIpc) is 2.27. The van der Waals surface area contributed by atoms with E-state index in [1.165, 1.54) is 25.7 Å². The third-order valence-electron chi connectivity index (χ3n) is 3.42. The van der Waals surface area contributed by atoms with Crippen LogP contribution in [0.1, 0.15) is 65.2 Å². The average molecular weight is 225 g/mol. The van der Waals surface area contributed by atoms with Crippen LogP contribution in [0.3, 0.4) is 0 Å². The van der Waals surface area contributed by atoms with E-state index in [1.807, 2.05) is 0 Å². The first kappa shape index (κ1) is 13.7. The smallest absolute Gasteiger partial charge is 0.132 e. The van der Waals surface area contributed by atoms with Crippen molar-refractivity contribution in [3.05, 3.63) is 0 Å². The lowest BCUT2D eigenvalue weighted by molar-refractivity contribution is -0.119. The van der Waals surface area contributed by atoms with Crippen molar-refractivity contribution in [3.63, 3.8) is 0 Å². The summed E-state index contributed by atoms with van der Waals surface area (Å²) in [5.74, 6) is 1.20. The number of piperidine rings is 1. The number of hydrogen-bond acceptors (Lipinski definition) is 2. The summed E-state index contributed by atoms with van der Waals surface area (Å²) < 4.78 is 0. The first-order chi connectivity index (χ1) is 7.68. The van der Waals surface area contributed by atoms with Gasteiger partial charge in [-0.25, -0.2) is 0 Å². The Labute approximate surface area is 100 Å². The topological polar surface area (TPSA) is 29.1 Å². The summed E-state index contributed by atoms with van der Waals surface area (Å²) in [7, 11) is 0. The fourth-order valence-corrected chi connectivity index (χ4v) is 2.34. The van der Waals surface area contributed by atoms with Crippen molar-refractivity contribution < 1.29 is 4.79 Å². The zero-order valence-electron chi connectivity index (χ0n) is 10.9. The van der Waals surface area contributed by atoms with Gasteiger partial charge in [0.15, 0.2) is 0 Å². The van der Waals surface area contributed by atoms with Crippen LogP contribution in [0.5, 0.6) is 0 Å². The van der Waals surface area contributed by atoms with Crippen LogP contribution in [-0.4, -0.2) is 18.4 Å². The monoisotopic (exact) mass is 225 g/mol. The van der Waals surface area contributed by atoms with Gasteiger partial charge in [0.2, 0.25) is 0 Å². The molecule has 1 heterocycles. The highest BCUT2D eigenvalue weighted by Crippen LogP contribution is 2.14. The normalized spacial score (nSPS) is 21.3. The first-order valence-corrected chi connectivity index (χ1v) is 6.93. The van der Waals surface area contributed by atoms with Crippen LogP contribution >= 0.6 is 0 Å². The van der Waals surface area contributed by atoms with E-state index in [1.54, 1.807) is 0 Å². The molecule has 1 aliphatic heterocycles. The Bertz CT molecular complexity index is 195. The zero-order valence-corrected chi connectivity index (χ0v) is 10.9. The summed E-state index contributed by atoms with van der Waals surface area (Å²) in [5, 5.41) is 3.50. The highest BCUT2D eigenvalue weighted by molar-refractivity contribution is 5.78. The molecule has 0 aromatic heterocycles. The van der Waals surface area contributed by atoms with Crippen molar-refractivity contribution in [2.45, 2.75) is 71.3 Å². The predicted octanol–water partition coefficient (Wildman–Crippen LogP) is 3.30. The van der Waals surface area contributed by atoms with E-state index in [-0.39, 0.29) is 0 Å². The molecule has 2 nitrogen and oxygen atoms in total. The van der Waals surface area contributed by atoms with Crippen molar-refractivity contribution in [2.75, 3.05) is 6.54 Å². The Balaban J connectivity index is 2.00. The van der Waals surface area contributed by atoms with Gasteiger partial charge in [-0.2, -0.15) is 0 Å². The van der Waals surface area contributed by atoms with Crippen LogP contribution in [0.25, 0.3) is 0 Å². The van der Waals surface area contributed by atoms with Crippen LogP contribution in [0, 0.1) is 5.92 Å². The van der Waals surface area contributed by atoms with Crippen LogP contribution in [0.15, 0.2) is 0 Å². The van der Waals surface area contributed by atoms with Gasteiger partial charge in [0.25, 0.3) is 0 Å². The van der Waals surface area contributed by atoms with Gasteiger partial charge in [0.1, 0.15) is 5.78 Å². The zero-order chi connectivity index (χ0) is 11.8.